The van der Waals surface area contributed by atoms with Crippen molar-refractivity contribution in [3.63, 3.8) is 0 Å². The fourth-order valence-electron chi connectivity index (χ4n) is 7.44. The Kier molecular flexibility index (Phi) is 5.08. The van der Waals surface area contributed by atoms with Crippen molar-refractivity contribution in [3.8, 4) is 22.3 Å². The summed E-state index contributed by atoms with van der Waals surface area (Å²) in [5.74, 6) is 0. The van der Waals surface area contributed by atoms with Gasteiger partial charge in [0.05, 0.1) is 5.41 Å². The van der Waals surface area contributed by atoms with Gasteiger partial charge in [0.1, 0.15) is 0 Å². The average Bonchev–Trinajstić information content (AvgIpc) is 3.59. The van der Waals surface area contributed by atoms with Gasteiger partial charge in [0.25, 0.3) is 0 Å². The summed E-state index contributed by atoms with van der Waals surface area (Å²) in [7, 11) is 0. The summed E-state index contributed by atoms with van der Waals surface area (Å²) in [5, 5.41) is 5.25. The minimum absolute atomic E-state index is 0.439. The molecule has 42 heavy (non-hydrogen) atoms. The normalized spacial score (nSPS) is 13.4. The smallest absolute Gasteiger partial charge is 0.0719 e. The number of fused-ring (bicyclic) bond motifs is 8. The standard InChI is InChI=1S/C41H26S/c1-3-14-29(15-4-1)41(30-16-5-2-6-17-30)36-21-11-9-20-34(36)39-35(25-27-13-7-8-18-31(27)40(39)41)28-23-24-33-32-19-10-12-22-37(32)42-38(33)26-28/h1-26H. The van der Waals surface area contributed by atoms with E-state index in [0.717, 1.165) is 0 Å². The Morgan fingerprint density at radius 3 is 1.83 bits per heavy atom. The van der Waals surface area contributed by atoms with Crippen molar-refractivity contribution in [2.45, 2.75) is 5.41 Å². The van der Waals surface area contributed by atoms with Gasteiger partial charge in [0.2, 0.25) is 0 Å². The third-order valence-electron chi connectivity index (χ3n) is 9.13. The van der Waals surface area contributed by atoms with Crippen LogP contribution in [0.5, 0.6) is 0 Å². The third-order valence-corrected chi connectivity index (χ3v) is 10.3. The van der Waals surface area contributed by atoms with Crippen LogP contribution < -0.4 is 0 Å². The van der Waals surface area contributed by atoms with Crippen molar-refractivity contribution in [3.05, 3.63) is 180 Å². The maximum Gasteiger partial charge on any atom is 0.0719 e. The molecule has 0 bridgehead atoms. The molecule has 1 aliphatic carbocycles. The van der Waals surface area contributed by atoms with E-state index >= 15 is 0 Å². The quantitative estimate of drug-likeness (QED) is 0.205. The molecular formula is C41H26S. The van der Waals surface area contributed by atoms with E-state index in [2.05, 4.69) is 158 Å². The molecule has 7 aromatic carbocycles. The number of hydrogen-bond donors (Lipinski definition) is 0. The van der Waals surface area contributed by atoms with Crippen LogP contribution in [0.1, 0.15) is 22.3 Å². The summed E-state index contributed by atoms with van der Waals surface area (Å²) in [6.45, 7) is 0. The molecule has 1 aliphatic rings. The largest absolute Gasteiger partial charge is 0.135 e. The van der Waals surface area contributed by atoms with E-state index in [1.165, 1.54) is 75.5 Å². The van der Waals surface area contributed by atoms with Crippen LogP contribution in [-0.4, -0.2) is 0 Å². The summed E-state index contributed by atoms with van der Waals surface area (Å²) in [5.41, 5.74) is 10.1. The third kappa shape index (κ3) is 3.17. The zero-order chi connectivity index (χ0) is 27.7. The highest BCUT2D eigenvalue weighted by atomic mass is 32.1. The molecule has 0 radical (unpaired) electrons. The van der Waals surface area contributed by atoms with Crippen LogP contribution in [0.3, 0.4) is 0 Å². The highest BCUT2D eigenvalue weighted by molar-refractivity contribution is 7.25. The Hall–Kier alpha value is -4.98. The lowest BCUT2D eigenvalue weighted by molar-refractivity contribution is 0.775. The van der Waals surface area contributed by atoms with Crippen LogP contribution in [0.4, 0.5) is 0 Å². The van der Waals surface area contributed by atoms with Crippen molar-refractivity contribution in [2.75, 3.05) is 0 Å². The first-order valence-electron chi connectivity index (χ1n) is 14.5. The fourth-order valence-corrected chi connectivity index (χ4v) is 8.59. The Bertz CT molecular complexity index is 2250. The molecule has 1 heteroatoms. The molecule has 0 saturated heterocycles. The predicted octanol–water partition coefficient (Wildman–Crippen LogP) is 11.2. The van der Waals surface area contributed by atoms with Crippen LogP contribution in [-0.2, 0) is 5.41 Å². The van der Waals surface area contributed by atoms with Gasteiger partial charge in [-0.15, -0.1) is 11.3 Å². The van der Waals surface area contributed by atoms with Crippen LogP contribution in [0.15, 0.2) is 158 Å². The van der Waals surface area contributed by atoms with Gasteiger partial charge in [-0.1, -0.05) is 140 Å². The van der Waals surface area contributed by atoms with Crippen LogP contribution >= 0.6 is 11.3 Å². The molecule has 0 unspecified atom stereocenters. The molecule has 0 spiro atoms. The van der Waals surface area contributed by atoms with E-state index in [4.69, 9.17) is 0 Å². The number of hydrogen-bond acceptors (Lipinski definition) is 1. The predicted molar refractivity (Wildman–Crippen MR) is 180 cm³/mol. The lowest BCUT2D eigenvalue weighted by Gasteiger charge is -2.35. The van der Waals surface area contributed by atoms with E-state index in [1.807, 2.05) is 11.3 Å². The second-order valence-electron chi connectivity index (χ2n) is 11.2. The topological polar surface area (TPSA) is 0 Å². The highest BCUT2D eigenvalue weighted by Gasteiger charge is 2.47. The molecule has 196 valence electrons. The van der Waals surface area contributed by atoms with Gasteiger partial charge in [-0.25, -0.2) is 0 Å². The van der Waals surface area contributed by atoms with Gasteiger partial charge in [0, 0.05) is 20.2 Å². The van der Waals surface area contributed by atoms with E-state index in [1.54, 1.807) is 0 Å². The molecule has 0 amide bonds. The first-order valence-corrected chi connectivity index (χ1v) is 15.3. The first-order chi connectivity index (χ1) is 20.8. The Morgan fingerprint density at radius 1 is 0.429 bits per heavy atom. The van der Waals surface area contributed by atoms with E-state index in [9.17, 15) is 0 Å². The van der Waals surface area contributed by atoms with Gasteiger partial charge < -0.3 is 0 Å². The van der Waals surface area contributed by atoms with Gasteiger partial charge in [-0.3, -0.25) is 0 Å². The molecule has 0 N–H and O–H groups in total. The Morgan fingerprint density at radius 2 is 1.05 bits per heavy atom. The number of thiophene rings is 1. The second kappa shape index (κ2) is 9.01. The summed E-state index contributed by atoms with van der Waals surface area (Å²) in [4.78, 5) is 0. The van der Waals surface area contributed by atoms with Crippen molar-refractivity contribution in [1.29, 1.82) is 0 Å². The van der Waals surface area contributed by atoms with E-state index < -0.39 is 5.41 Å². The summed E-state index contributed by atoms with van der Waals surface area (Å²) in [6.07, 6.45) is 0. The van der Waals surface area contributed by atoms with E-state index in [-0.39, 0.29) is 0 Å². The summed E-state index contributed by atoms with van der Waals surface area (Å²) >= 11 is 1.89. The van der Waals surface area contributed by atoms with Crippen LogP contribution in [0, 0.1) is 0 Å². The summed E-state index contributed by atoms with van der Waals surface area (Å²) < 4.78 is 2.67. The van der Waals surface area contributed by atoms with Gasteiger partial charge >= 0.3 is 0 Å². The SMILES string of the molecule is c1ccc(C2(c3ccccc3)c3ccccc3-c3c(-c4ccc5c(c4)sc4ccccc45)cc4ccccc4c32)cc1. The highest BCUT2D eigenvalue weighted by Crippen LogP contribution is 2.60. The second-order valence-corrected chi connectivity index (χ2v) is 12.3. The maximum absolute atomic E-state index is 2.42. The van der Waals surface area contributed by atoms with Gasteiger partial charge in [-0.2, -0.15) is 0 Å². The minimum Gasteiger partial charge on any atom is -0.135 e. The molecule has 0 saturated carbocycles. The first kappa shape index (κ1) is 23.7. The fraction of sp³-hybridized carbons (Fsp3) is 0.0244. The molecule has 0 atom stereocenters. The monoisotopic (exact) mass is 550 g/mol. The molecule has 0 aliphatic heterocycles. The van der Waals surface area contributed by atoms with Crippen LogP contribution in [0.2, 0.25) is 0 Å². The molecule has 1 heterocycles. The minimum atomic E-state index is -0.439. The maximum atomic E-state index is 2.42. The van der Waals surface area contributed by atoms with Gasteiger partial charge in [0.15, 0.2) is 0 Å². The number of benzene rings is 7. The Balaban J connectivity index is 1.46. The van der Waals surface area contributed by atoms with Crippen molar-refractivity contribution in [1.82, 2.24) is 0 Å². The number of rotatable bonds is 3. The van der Waals surface area contributed by atoms with Crippen molar-refractivity contribution in [2.24, 2.45) is 0 Å². The average molecular weight is 551 g/mol. The summed E-state index contributed by atoms with van der Waals surface area (Å²) in [6, 6.07) is 58.5. The van der Waals surface area contributed by atoms with E-state index in [0.29, 0.717) is 0 Å². The zero-order valence-corrected chi connectivity index (χ0v) is 23.7. The lowest BCUT2D eigenvalue weighted by atomic mass is 9.66. The van der Waals surface area contributed by atoms with Crippen molar-refractivity contribution >= 4 is 42.3 Å². The molecule has 8 aromatic rings. The molecule has 9 rings (SSSR count). The molecule has 0 fully saturated rings. The molecule has 1 aromatic heterocycles. The zero-order valence-electron chi connectivity index (χ0n) is 22.9. The van der Waals surface area contributed by atoms with Crippen molar-refractivity contribution < 1.29 is 0 Å². The van der Waals surface area contributed by atoms with Gasteiger partial charge in [-0.05, 0) is 73.5 Å². The lowest BCUT2D eigenvalue weighted by Crippen LogP contribution is -2.28. The Labute approximate surface area is 249 Å². The molecular weight excluding hydrogens is 525 g/mol. The van der Waals surface area contributed by atoms with Crippen LogP contribution in [0.25, 0.3) is 53.2 Å². The molecule has 0 nitrogen and oxygen atoms in total.